The van der Waals surface area contributed by atoms with Crippen LogP contribution in [0.1, 0.15) is 5.56 Å². The summed E-state index contributed by atoms with van der Waals surface area (Å²) in [5.41, 5.74) is 1.65. The number of fused-ring (bicyclic) bond motifs is 1. The number of halogens is 1. The molecule has 2 rings (SSSR count). The molecule has 3 heteroatoms. The number of hydrogen-bond acceptors (Lipinski definition) is 1. The van der Waals surface area contributed by atoms with Crippen LogP contribution in [0.3, 0.4) is 0 Å². The van der Waals surface area contributed by atoms with Gasteiger partial charge in [-0.3, -0.25) is 4.79 Å². The fourth-order valence-electron chi connectivity index (χ4n) is 1.26. The van der Waals surface area contributed by atoms with E-state index in [1.807, 2.05) is 37.3 Å². The number of para-hydroxylation sites is 1. The van der Waals surface area contributed by atoms with E-state index in [1.54, 1.807) is 0 Å². The van der Waals surface area contributed by atoms with E-state index in [9.17, 15) is 4.79 Å². The summed E-state index contributed by atoms with van der Waals surface area (Å²) >= 11 is 0. The molecule has 1 N–H and O–H groups in total. The van der Waals surface area contributed by atoms with Crippen LogP contribution in [0.15, 0.2) is 35.1 Å². The molecular formula is C10H10ClNO. The fraction of sp³-hybridized carbons (Fsp3) is 0.100. The van der Waals surface area contributed by atoms with Gasteiger partial charge in [0.25, 0.3) is 5.56 Å². The number of H-pyrrole nitrogens is 1. The molecule has 0 atom stereocenters. The Morgan fingerprint density at radius 2 is 1.92 bits per heavy atom. The molecule has 1 aromatic heterocycles. The summed E-state index contributed by atoms with van der Waals surface area (Å²) in [4.78, 5) is 14.0. The first-order chi connectivity index (χ1) is 5.77. The predicted octanol–water partition coefficient (Wildman–Crippen LogP) is 2.26. The van der Waals surface area contributed by atoms with Crippen molar-refractivity contribution < 1.29 is 0 Å². The third kappa shape index (κ3) is 1.73. The molecule has 0 aliphatic carbocycles. The van der Waals surface area contributed by atoms with Crippen molar-refractivity contribution in [3.05, 3.63) is 46.2 Å². The molecule has 0 saturated carbocycles. The zero-order valence-corrected chi connectivity index (χ0v) is 8.02. The average molecular weight is 196 g/mol. The number of nitrogens with one attached hydrogen (secondary N) is 1. The Morgan fingerprint density at radius 1 is 1.23 bits per heavy atom. The van der Waals surface area contributed by atoms with E-state index in [0.29, 0.717) is 0 Å². The second-order valence-electron chi connectivity index (χ2n) is 2.87. The molecule has 0 bridgehead atoms. The summed E-state index contributed by atoms with van der Waals surface area (Å²) < 4.78 is 0. The first-order valence-electron chi connectivity index (χ1n) is 3.86. The lowest BCUT2D eigenvalue weighted by Crippen LogP contribution is -2.08. The van der Waals surface area contributed by atoms with E-state index < -0.39 is 0 Å². The van der Waals surface area contributed by atoms with Crippen molar-refractivity contribution >= 4 is 23.3 Å². The molecule has 68 valence electrons. The van der Waals surface area contributed by atoms with Crippen LogP contribution in [0, 0.1) is 6.92 Å². The van der Waals surface area contributed by atoms with Crippen molar-refractivity contribution in [3.8, 4) is 0 Å². The van der Waals surface area contributed by atoms with Gasteiger partial charge in [0.15, 0.2) is 0 Å². The Balaban J connectivity index is 0.000000845. The number of pyridine rings is 1. The van der Waals surface area contributed by atoms with Crippen LogP contribution < -0.4 is 5.56 Å². The van der Waals surface area contributed by atoms with Crippen molar-refractivity contribution in [2.75, 3.05) is 0 Å². The third-order valence-electron chi connectivity index (χ3n) is 1.94. The standard InChI is InChI=1S/C10H9NO.ClH/c1-7-6-8-4-2-3-5-9(8)11-10(7)12;/h2-6H,1H3,(H,11,12);1H. The highest BCUT2D eigenvalue weighted by Gasteiger charge is 1.95. The normalized spacial score (nSPS) is 9.62. The van der Waals surface area contributed by atoms with Gasteiger partial charge in [-0.25, -0.2) is 0 Å². The van der Waals surface area contributed by atoms with Crippen LogP contribution in [0.4, 0.5) is 0 Å². The lowest BCUT2D eigenvalue weighted by Gasteiger charge is -1.97. The quantitative estimate of drug-likeness (QED) is 0.687. The maximum atomic E-state index is 11.2. The number of rotatable bonds is 0. The molecule has 0 spiro atoms. The van der Waals surface area contributed by atoms with Gasteiger partial charge in [-0.1, -0.05) is 18.2 Å². The van der Waals surface area contributed by atoms with Gasteiger partial charge in [-0.2, -0.15) is 0 Å². The molecule has 2 nitrogen and oxygen atoms in total. The maximum absolute atomic E-state index is 11.2. The third-order valence-corrected chi connectivity index (χ3v) is 1.94. The summed E-state index contributed by atoms with van der Waals surface area (Å²) in [6.07, 6.45) is 0. The van der Waals surface area contributed by atoms with Crippen LogP contribution in [0.25, 0.3) is 10.9 Å². The fourth-order valence-corrected chi connectivity index (χ4v) is 1.26. The highest BCUT2D eigenvalue weighted by atomic mass is 35.5. The molecule has 0 fully saturated rings. The lowest BCUT2D eigenvalue weighted by atomic mass is 10.2. The van der Waals surface area contributed by atoms with Crippen LogP contribution in [0.5, 0.6) is 0 Å². The monoisotopic (exact) mass is 195 g/mol. The van der Waals surface area contributed by atoms with Crippen LogP contribution in [0.2, 0.25) is 0 Å². The van der Waals surface area contributed by atoms with Crippen molar-refractivity contribution in [1.29, 1.82) is 0 Å². The van der Waals surface area contributed by atoms with E-state index in [2.05, 4.69) is 4.98 Å². The average Bonchev–Trinajstić information content (AvgIpc) is 2.07. The Labute approximate surface area is 82.0 Å². The molecule has 0 aliphatic heterocycles. The van der Waals surface area contributed by atoms with E-state index in [1.165, 1.54) is 0 Å². The van der Waals surface area contributed by atoms with Crippen LogP contribution >= 0.6 is 12.4 Å². The molecular weight excluding hydrogens is 186 g/mol. The molecule has 0 amide bonds. The second kappa shape index (κ2) is 3.62. The SMILES string of the molecule is Cc1cc2ccccc2[nH]c1=O.Cl. The minimum absolute atomic E-state index is 0. The highest BCUT2D eigenvalue weighted by Crippen LogP contribution is 2.08. The van der Waals surface area contributed by atoms with Crippen molar-refractivity contribution in [3.63, 3.8) is 0 Å². The van der Waals surface area contributed by atoms with Gasteiger partial charge in [0.05, 0.1) is 0 Å². The van der Waals surface area contributed by atoms with Crippen LogP contribution in [-0.4, -0.2) is 4.98 Å². The summed E-state index contributed by atoms with van der Waals surface area (Å²) in [6.45, 7) is 1.81. The minimum atomic E-state index is -0.00583. The van der Waals surface area contributed by atoms with Gasteiger partial charge >= 0.3 is 0 Å². The molecule has 0 radical (unpaired) electrons. The minimum Gasteiger partial charge on any atom is -0.322 e. The highest BCUT2D eigenvalue weighted by molar-refractivity contribution is 5.85. The van der Waals surface area contributed by atoms with Gasteiger partial charge in [0.1, 0.15) is 0 Å². The van der Waals surface area contributed by atoms with E-state index in [-0.39, 0.29) is 18.0 Å². The largest absolute Gasteiger partial charge is 0.322 e. The molecule has 0 saturated heterocycles. The maximum Gasteiger partial charge on any atom is 0.251 e. The van der Waals surface area contributed by atoms with Gasteiger partial charge in [0.2, 0.25) is 0 Å². The van der Waals surface area contributed by atoms with E-state index in [4.69, 9.17) is 0 Å². The second-order valence-corrected chi connectivity index (χ2v) is 2.87. The molecule has 0 aliphatic rings. The Hall–Kier alpha value is -1.28. The van der Waals surface area contributed by atoms with Gasteiger partial charge in [-0.15, -0.1) is 12.4 Å². The molecule has 0 unspecified atom stereocenters. The lowest BCUT2D eigenvalue weighted by molar-refractivity contribution is 1.24. The molecule has 2 aromatic rings. The first kappa shape index (κ1) is 9.81. The number of aryl methyl sites for hydroxylation is 1. The van der Waals surface area contributed by atoms with Crippen LogP contribution in [-0.2, 0) is 0 Å². The number of aromatic amines is 1. The van der Waals surface area contributed by atoms with Crippen molar-refractivity contribution in [2.45, 2.75) is 6.92 Å². The number of aromatic nitrogens is 1. The number of hydrogen-bond donors (Lipinski definition) is 1. The topological polar surface area (TPSA) is 32.9 Å². The smallest absolute Gasteiger partial charge is 0.251 e. The summed E-state index contributed by atoms with van der Waals surface area (Å²) in [5.74, 6) is 0. The zero-order chi connectivity index (χ0) is 8.55. The Kier molecular flexibility index (Phi) is 2.73. The van der Waals surface area contributed by atoms with Gasteiger partial charge < -0.3 is 4.98 Å². The Bertz CT molecular complexity index is 476. The van der Waals surface area contributed by atoms with E-state index in [0.717, 1.165) is 16.5 Å². The molecule has 13 heavy (non-hydrogen) atoms. The zero-order valence-electron chi connectivity index (χ0n) is 7.20. The summed E-state index contributed by atoms with van der Waals surface area (Å²) in [6, 6.07) is 9.65. The van der Waals surface area contributed by atoms with Crippen molar-refractivity contribution in [2.24, 2.45) is 0 Å². The van der Waals surface area contributed by atoms with E-state index >= 15 is 0 Å². The van der Waals surface area contributed by atoms with Gasteiger partial charge in [-0.05, 0) is 24.4 Å². The number of benzene rings is 1. The molecule has 1 aromatic carbocycles. The summed E-state index contributed by atoms with van der Waals surface area (Å²) in [7, 11) is 0. The van der Waals surface area contributed by atoms with Crippen molar-refractivity contribution in [1.82, 2.24) is 4.98 Å². The Morgan fingerprint density at radius 3 is 2.69 bits per heavy atom. The first-order valence-corrected chi connectivity index (χ1v) is 3.86. The molecule has 1 heterocycles. The predicted molar refractivity (Wildman–Crippen MR) is 56.6 cm³/mol. The summed E-state index contributed by atoms with van der Waals surface area (Å²) in [5, 5.41) is 1.08. The van der Waals surface area contributed by atoms with Gasteiger partial charge in [0, 0.05) is 11.1 Å².